The van der Waals surface area contributed by atoms with E-state index in [9.17, 15) is 14.0 Å². The standard InChI is InChI=1S/C17H19FN4O4/c1-9-3-4-11(7-13(9)18)14-20-15(26-21-14)10(2)19-17(25)22-6-5-12(8-22)16(23)24/h3-4,7,10,12H,5-6,8H2,1-2H3,(H,19,25)(H,23,24). The maximum atomic E-state index is 13.7. The van der Waals surface area contributed by atoms with Gasteiger partial charge in [-0.2, -0.15) is 4.98 Å². The summed E-state index contributed by atoms with van der Waals surface area (Å²) in [6, 6.07) is 3.68. The minimum Gasteiger partial charge on any atom is -0.481 e. The average Bonchev–Trinajstić information content (AvgIpc) is 3.26. The summed E-state index contributed by atoms with van der Waals surface area (Å²) >= 11 is 0. The zero-order chi connectivity index (χ0) is 18.8. The molecule has 0 spiro atoms. The molecule has 1 aromatic carbocycles. The average molecular weight is 362 g/mol. The second-order valence-corrected chi connectivity index (χ2v) is 6.36. The second-order valence-electron chi connectivity index (χ2n) is 6.36. The quantitative estimate of drug-likeness (QED) is 0.864. The molecule has 1 aromatic heterocycles. The maximum Gasteiger partial charge on any atom is 0.318 e. The van der Waals surface area contributed by atoms with Crippen LogP contribution in [0, 0.1) is 18.7 Å². The molecule has 0 aliphatic carbocycles. The van der Waals surface area contributed by atoms with Crippen molar-refractivity contribution in [1.82, 2.24) is 20.4 Å². The number of carbonyl (C=O) groups excluding carboxylic acids is 1. The van der Waals surface area contributed by atoms with Gasteiger partial charge in [0.2, 0.25) is 11.7 Å². The van der Waals surface area contributed by atoms with Crippen LogP contribution in [0.5, 0.6) is 0 Å². The van der Waals surface area contributed by atoms with Gasteiger partial charge in [0.1, 0.15) is 11.9 Å². The number of urea groups is 1. The van der Waals surface area contributed by atoms with E-state index in [1.807, 2.05) is 0 Å². The number of rotatable bonds is 4. The first-order valence-corrected chi connectivity index (χ1v) is 8.23. The number of aliphatic carboxylic acids is 1. The van der Waals surface area contributed by atoms with Crippen LogP contribution in [0.15, 0.2) is 22.7 Å². The Morgan fingerprint density at radius 1 is 1.46 bits per heavy atom. The number of amides is 2. The van der Waals surface area contributed by atoms with Gasteiger partial charge >= 0.3 is 12.0 Å². The first kappa shape index (κ1) is 17.8. The van der Waals surface area contributed by atoms with Crippen molar-refractivity contribution in [2.45, 2.75) is 26.3 Å². The molecule has 8 nitrogen and oxygen atoms in total. The molecule has 26 heavy (non-hydrogen) atoms. The molecule has 138 valence electrons. The summed E-state index contributed by atoms with van der Waals surface area (Å²) in [5, 5.41) is 15.5. The number of aryl methyl sites for hydroxylation is 1. The zero-order valence-corrected chi connectivity index (χ0v) is 14.4. The Labute approximate surface area is 149 Å². The highest BCUT2D eigenvalue weighted by Gasteiger charge is 2.31. The molecular weight excluding hydrogens is 343 g/mol. The van der Waals surface area contributed by atoms with E-state index in [2.05, 4.69) is 15.5 Å². The van der Waals surface area contributed by atoms with E-state index in [0.717, 1.165) is 0 Å². The number of benzene rings is 1. The summed E-state index contributed by atoms with van der Waals surface area (Å²) in [6.07, 6.45) is 0.431. The van der Waals surface area contributed by atoms with E-state index >= 15 is 0 Å². The minimum atomic E-state index is -0.903. The van der Waals surface area contributed by atoms with Gasteiger partial charge in [-0.1, -0.05) is 17.3 Å². The fourth-order valence-corrected chi connectivity index (χ4v) is 2.74. The molecule has 1 saturated heterocycles. The number of likely N-dealkylation sites (tertiary alicyclic amines) is 1. The number of aromatic nitrogens is 2. The van der Waals surface area contributed by atoms with Gasteiger partial charge in [-0.05, 0) is 31.9 Å². The van der Waals surface area contributed by atoms with Gasteiger partial charge in [0, 0.05) is 18.7 Å². The van der Waals surface area contributed by atoms with Gasteiger partial charge in [-0.25, -0.2) is 9.18 Å². The second kappa shape index (κ2) is 7.11. The Morgan fingerprint density at radius 2 is 2.23 bits per heavy atom. The molecule has 3 rings (SSSR count). The zero-order valence-electron chi connectivity index (χ0n) is 14.4. The summed E-state index contributed by atoms with van der Waals surface area (Å²) in [7, 11) is 0. The summed E-state index contributed by atoms with van der Waals surface area (Å²) < 4.78 is 18.8. The summed E-state index contributed by atoms with van der Waals surface area (Å²) in [4.78, 5) is 28.9. The molecule has 0 saturated carbocycles. The van der Waals surface area contributed by atoms with Crippen LogP contribution in [0.1, 0.15) is 30.8 Å². The van der Waals surface area contributed by atoms with Gasteiger partial charge < -0.3 is 19.8 Å². The lowest BCUT2D eigenvalue weighted by atomic mass is 10.1. The number of carboxylic acids is 1. The predicted molar refractivity (Wildman–Crippen MR) is 88.7 cm³/mol. The summed E-state index contributed by atoms with van der Waals surface area (Å²) in [5.41, 5.74) is 0.994. The van der Waals surface area contributed by atoms with Crippen molar-refractivity contribution >= 4 is 12.0 Å². The van der Waals surface area contributed by atoms with Crippen molar-refractivity contribution in [2.24, 2.45) is 5.92 Å². The van der Waals surface area contributed by atoms with E-state index in [1.54, 1.807) is 26.0 Å². The predicted octanol–water partition coefficient (Wildman–Crippen LogP) is 2.36. The lowest BCUT2D eigenvalue weighted by Gasteiger charge is -2.18. The number of nitrogens with one attached hydrogen (secondary N) is 1. The van der Waals surface area contributed by atoms with Crippen molar-refractivity contribution in [1.29, 1.82) is 0 Å². The Hall–Kier alpha value is -2.97. The number of carboxylic acid groups (broad SMARTS) is 1. The molecular formula is C17H19FN4O4. The molecule has 2 aromatic rings. The van der Waals surface area contributed by atoms with Crippen LogP contribution in [0.4, 0.5) is 9.18 Å². The first-order valence-electron chi connectivity index (χ1n) is 8.23. The number of hydrogen-bond donors (Lipinski definition) is 2. The number of nitrogens with zero attached hydrogens (tertiary/aromatic N) is 3. The van der Waals surface area contributed by atoms with E-state index in [-0.39, 0.29) is 30.1 Å². The third-order valence-corrected chi connectivity index (χ3v) is 4.41. The van der Waals surface area contributed by atoms with E-state index in [4.69, 9.17) is 9.63 Å². The third kappa shape index (κ3) is 3.66. The Morgan fingerprint density at radius 3 is 2.88 bits per heavy atom. The summed E-state index contributed by atoms with van der Waals surface area (Å²) in [5.74, 6) is -1.39. The highest BCUT2D eigenvalue weighted by molar-refractivity contribution is 5.77. The van der Waals surface area contributed by atoms with Crippen LogP contribution >= 0.6 is 0 Å². The van der Waals surface area contributed by atoms with Gasteiger partial charge in [-0.15, -0.1) is 0 Å². The van der Waals surface area contributed by atoms with Gasteiger partial charge in [0.25, 0.3) is 0 Å². The number of halogens is 1. The lowest BCUT2D eigenvalue weighted by Crippen LogP contribution is -2.40. The fourth-order valence-electron chi connectivity index (χ4n) is 2.74. The smallest absolute Gasteiger partial charge is 0.318 e. The van der Waals surface area contributed by atoms with Crippen LogP contribution in [0.3, 0.4) is 0 Å². The van der Waals surface area contributed by atoms with Crippen molar-refractivity contribution in [3.05, 3.63) is 35.5 Å². The van der Waals surface area contributed by atoms with Crippen LogP contribution in [-0.2, 0) is 4.79 Å². The Bertz CT molecular complexity index is 838. The lowest BCUT2D eigenvalue weighted by molar-refractivity contribution is -0.141. The van der Waals surface area contributed by atoms with E-state index < -0.39 is 17.9 Å². The fraction of sp³-hybridized carbons (Fsp3) is 0.412. The molecule has 1 aliphatic rings. The van der Waals surface area contributed by atoms with Gasteiger partial charge in [0.05, 0.1) is 5.92 Å². The van der Waals surface area contributed by atoms with Crippen molar-refractivity contribution < 1.29 is 23.6 Å². The largest absolute Gasteiger partial charge is 0.481 e. The molecule has 1 fully saturated rings. The minimum absolute atomic E-state index is 0.172. The normalized spacial score (nSPS) is 18.0. The molecule has 2 unspecified atom stereocenters. The van der Waals surface area contributed by atoms with Crippen LogP contribution < -0.4 is 5.32 Å². The summed E-state index contributed by atoms with van der Waals surface area (Å²) in [6.45, 7) is 3.89. The molecule has 2 N–H and O–H groups in total. The first-order chi connectivity index (χ1) is 12.3. The van der Waals surface area contributed by atoms with E-state index in [0.29, 0.717) is 24.1 Å². The molecule has 1 aliphatic heterocycles. The van der Waals surface area contributed by atoms with Crippen LogP contribution in [0.25, 0.3) is 11.4 Å². The van der Waals surface area contributed by atoms with Crippen LogP contribution in [0.2, 0.25) is 0 Å². The van der Waals surface area contributed by atoms with Crippen molar-refractivity contribution in [2.75, 3.05) is 13.1 Å². The van der Waals surface area contributed by atoms with Crippen molar-refractivity contribution in [3.8, 4) is 11.4 Å². The van der Waals surface area contributed by atoms with Gasteiger partial charge in [0.15, 0.2) is 0 Å². The molecule has 2 heterocycles. The SMILES string of the molecule is Cc1ccc(-c2noc(C(C)NC(=O)N3CCC(C(=O)O)C3)n2)cc1F. The van der Waals surface area contributed by atoms with Crippen molar-refractivity contribution in [3.63, 3.8) is 0 Å². The third-order valence-electron chi connectivity index (χ3n) is 4.41. The molecule has 0 radical (unpaired) electrons. The number of carbonyl (C=O) groups is 2. The maximum absolute atomic E-state index is 13.7. The monoisotopic (exact) mass is 362 g/mol. The highest BCUT2D eigenvalue weighted by atomic mass is 19.1. The topological polar surface area (TPSA) is 109 Å². The van der Waals surface area contributed by atoms with Crippen LogP contribution in [-0.4, -0.2) is 45.2 Å². The molecule has 2 amide bonds. The Balaban J connectivity index is 1.64. The van der Waals surface area contributed by atoms with E-state index in [1.165, 1.54) is 11.0 Å². The highest BCUT2D eigenvalue weighted by Crippen LogP contribution is 2.22. The van der Waals surface area contributed by atoms with Gasteiger partial charge in [-0.3, -0.25) is 4.79 Å². The Kier molecular flexibility index (Phi) is 4.88. The molecule has 9 heteroatoms. The number of hydrogen-bond acceptors (Lipinski definition) is 5. The molecule has 0 bridgehead atoms. The molecule has 2 atom stereocenters.